The fourth-order valence-electron chi connectivity index (χ4n) is 0.599. The number of rotatable bonds is 3. The van der Waals surface area contributed by atoms with Crippen LogP contribution in [0.5, 0.6) is 0 Å². The smallest absolute Gasteiger partial charge is 0.220 e. The highest BCUT2D eigenvalue weighted by Gasteiger charge is 2.03. The fraction of sp³-hybridized carbons (Fsp3) is 0.500. The Labute approximate surface area is 71.8 Å². The van der Waals surface area contributed by atoms with E-state index in [9.17, 15) is 4.79 Å². The number of carbonyl (C=O) groups excluding carboxylic acids is 1. The molecule has 0 aliphatic heterocycles. The van der Waals surface area contributed by atoms with Crippen LogP contribution in [0.15, 0.2) is 16.6 Å². The van der Waals surface area contributed by atoms with Gasteiger partial charge in [0.15, 0.2) is 0 Å². The van der Waals surface area contributed by atoms with Crippen LogP contribution in [0.4, 0.5) is 0 Å². The molecule has 11 heavy (non-hydrogen) atoms. The molecule has 0 N–H and O–H groups in total. The lowest BCUT2D eigenvalue weighted by atomic mass is 10.3. The summed E-state index contributed by atoms with van der Waals surface area (Å²) in [5.74, 6) is 0.813. The summed E-state index contributed by atoms with van der Waals surface area (Å²) in [7, 11) is 1.66. The van der Waals surface area contributed by atoms with Crippen LogP contribution in [-0.4, -0.2) is 24.1 Å². The van der Waals surface area contributed by atoms with Gasteiger partial charge in [-0.15, -0.1) is 0 Å². The maximum absolute atomic E-state index is 11.2. The molecule has 0 aromatic carbocycles. The first-order chi connectivity index (χ1) is 5.26. The van der Waals surface area contributed by atoms with Crippen molar-refractivity contribution in [1.29, 1.82) is 0 Å². The summed E-state index contributed by atoms with van der Waals surface area (Å²) in [5.41, 5.74) is 0.680. The van der Waals surface area contributed by atoms with Gasteiger partial charge in [0, 0.05) is 18.8 Å². The zero-order chi connectivity index (χ0) is 8.69. The van der Waals surface area contributed by atoms with E-state index in [1.807, 2.05) is 13.8 Å². The minimum atomic E-state index is 0.0978. The summed E-state index contributed by atoms with van der Waals surface area (Å²) in [6, 6.07) is 0. The molecule has 0 atom stereocenters. The van der Waals surface area contributed by atoms with E-state index in [2.05, 4.69) is 4.99 Å². The maximum atomic E-state index is 11.2. The highest BCUT2D eigenvalue weighted by atomic mass is 32.2. The van der Waals surface area contributed by atoms with Gasteiger partial charge in [0.25, 0.3) is 0 Å². The van der Waals surface area contributed by atoms with Gasteiger partial charge >= 0.3 is 0 Å². The number of hydrogen-bond acceptors (Lipinski definition) is 3. The van der Waals surface area contributed by atoms with Crippen molar-refractivity contribution in [1.82, 2.24) is 0 Å². The van der Waals surface area contributed by atoms with E-state index in [-0.39, 0.29) is 5.12 Å². The summed E-state index contributed by atoms with van der Waals surface area (Å²) in [6.45, 7) is 3.80. The van der Waals surface area contributed by atoms with E-state index in [0.29, 0.717) is 5.57 Å². The van der Waals surface area contributed by atoms with Crippen molar-refractivity contribution < 1.29 is 4.79 Å². The molecule has 0 bridgehead atoms. The monoisotopic (exact) mass is 171 g/mol. The second-order valence-corrected chi connectivity index (χ2v) is 3.09. The Morgan fingerprint density at radius 2 is 2.27 bits per heavy atom. The number of allylic oxidation sites excluding steroid dienone is 1. The first kappa shape index (κ1) is 10.4. The highest BCUT2D eigenvalue weighted by molar-refractivity contribution is 8.14. The summed E-state index contributed by atoms with van der Waals surface area (Å²) >= 11 is 1.31. The van der Waals surface area contributed by atoms with Crippen LogP contribution >= 0.6 is 11.8 Å². The topological polar surface area (TPSA) is 29.4 Å². The summed E-state index contributed by atoms with van der Waals surface area (Å²) in [5, 5.41) is 0.0978. The van der Waals surface area contributed by atoms with Crippen LogP contribution < -0.4 is 0 Å². The molecule has 0 aromatic heterocycles. The molecule has 0 rings (SSSR count). The minimum Gasteiger partial charge on any atom is -0.296 e. The number of thioether (sulfide) groups is 1. The quantitative estimate of drug-likeness (QED) is 0.479. The van der Waals surface area contributed by atoms with Gasteiger partial charge in [0.2, 0.25) is 5.12 Å². The first-order valence-corrected chi connectivity index (χ1v) is 4.50. The van der Waals surface area contributed by atoms with Crippen molar-refractivity contribution in [3.05, 3.63) is 11.6 Å². The van der Waals surface area contributed by atoms with Crippen LogP contribution in [-0.2, 0) is 4.79 Å². The molecule has 2 nitrogen and oxygen atoms in total. The lowest BCUT2D eigenvalue weighted by Gasteiger charge is -1.95. The zero-order valence-corrected chi connectivity index (χ0v) is 7.94. The van der Waals surface area contributed by atoms with Gasteiger partial charge in [0.05, 0.1) is 0 Å². The van der Waals surface area contributed by atoms with Crippen molar-refractivity contribution >= 4 is 23.1 Å². The van der Waals surface area contributed by atoms with Crippen molar-refractivity contribution in [3.63, 3.8) is 0 Å². The Bertz CT molecular complexity index is 185. The average molecular weight is 171 g/mol. The molecule has 0 aromatic rings. The van der Waals surface area contributed by atoms with E-state index in [1.165, 1.54) is 11.8 Å². The molecule has 0 aliphatic carbocycles. The second-order valence-electron chi connectivity index (χ2n) is 1.85. The molecule has 0 fully saturated rings. The fourth-order valence-corrected chi connectivity index (χ4v) is 1.20. The van der Waals surface area contributed by atoms with Crippen LogP contribution in [0.25, 0.3) is 0 Å². The zero-order valence-electron chi connectivity index (χ0n) is 7.13. The SMILES string of the molecule is C/C=C(\C=N/C)C(=O)SCC. The molecule has 0 saturated carbocycles. The number of nitrogens with zero attached hydrogens (tertiary/aromatic N) is 1. The third-order valence-corrected chi connectivity index (χ3v) is 1.88. The Balaban J connectivity index is 4.16. The van der Waals surface area contributed by atoms with Crippen LogP contribution in [0.1, 0.15) is 13.8 Å². The van der Waals surface area contributed by atoms with Crippen molar-refractivity contribution in [2.45, 2.75) is 13.8 Å². The molecule has 0 spiro atoms. The highest BCUT2D eigenvalue weighted by Crippen LogP contribution is 2.07. The van der Waals surface area contributed by atoms with Gasteiger partial charge in [-0.1, -0.05) is 24.8 Å². The molecule has 0 unspecified atom stereocenters. The van der Waals surface area contributed by atoms with E-state index in [1.54, 1.807) is 19.3 Å². The lowest BCUT2D eigenvalue weighted by molar-refractivity contribution is -0.107. The molecule has 3 heteroatoms. The number of carbonyl (C=O) groups is 1. The normalized spacial score (nSPS) is 12.5. The molecule has 0 saturated heterocycles. The summed E-state index contributed by atoms with van der Waals surface area (Å²) < 4.78 is 0. The molecular weight excluding hydrogens is 158 g/mol. The molecular formula is C8H13NOS. The molecule has 0 heterocycles. The number of hydrogen-bond donors (Lipinski definition) is 0. The van der Waals surface area contributed by atoms with Gasteiger partial charge < -0.3 is 0 Å². The van der Waals surface area contributed by atoms with Crippen molar-refractivity contribution in [2.75, 3.05) is 12.8 Å². The largest absolute Gasteiger partial charge is 0.296 e. The predicted octanol–water partition coefficient (Wildman–Crippen LogP) is 1.91. The van der Waals surface area contributed by atoms with E-state index >= 15 is 0 Å². The van der Waals surface area contributed by atoms with E-state index in [0.717, 1.165) is 5.75 Å². The van der Waals surface area contributed by atoms with Crippen molar-refractivity contribution in [3.8, 4) is 0 Å². The predicted molar refractivity (Wildman–Crippen MR) is 51.3 cm³/mol. The minimum absolute atomic E-state index is 0.0978. The standard InChI is InChI=1S/C8H13NOS/c1-4-7(6-9-3)8(10)11-5-2/h4,6H,5H2,1-3H3/b7-4+,9-6-. The number of aliphatic imine (C=N–C) groups is 1. The van der Waals surface area contributed by atoms with Crippen LogP contribution in [0, 0.1) is 0 Å². The van der Waals surface area contributed by atoms with E-state index in [4.69, 9.17) is 0 Å². The third kappa shape index (κ3) is 3.98. The third-order valence-electron chi connectivity index (χ3n) is 1.09. The average Bonchev–Trinajstić information content (AvgIpc) is 2.00. The van der Waals surface area contributed by atoms with Gasteiger partial charge in [-0.2, -0.15) is 0 Å². The first-order valence-electron chi connectivity index (χ1n) is 3.51. The maximum Gasteiger partial charge on any atom is 0.220 e. The van der Waals surface area contributed by atoms with Gasteiger partial charge in [-0.3, -0.25) is 9.79 Å². The van der Waals surface area contributed by atoms with Gasteiger partial charge in [-0.05, 0) is 12.7 Å². The second kappa shape index (κ2) is 6.16. The Kier molecular flexibility index (Phi) is 5.84. The molecule has 0 radical (unpaired) electrons. The lowest BCUT2D eigenvalue weighted by Crippen LogP contribution is -1.98. The van der Waals surface area contributed by atoms with Gasteiger partial charge in [-0.25, -0.2) is 0 Å². The molecule has 0 amide bonds. The van der Waals surface area contributed by atoms with Crippen LogP contribution in [0.3, 0.4) is 0 Å². The molecule has 0 aliphatic rings. The van der Waals surface area contributed by atoms with Gasteiger partial charge in [0.1, 0.15) is 0 Å². The van der Waals surface area contributed by atoms with Crippen molar-refractivity contribution in [2.24, 2.45) is 4.99 Å². The Hall–Kier alpha value is -0.570. The van der Waals surface area contributed by atoms with E-state index < -0.39 is 0 Å². The summed E-state index contributed by atoms with van der Waals surface area (Å²) in [6.07, 6.45) is 3.36. The Morgan fingerprint density at radius 3 is 2.64 bits per heavy atom. The molecule has 62 valence electrons. The Morgan fingerprint density at radius 1 is 1.64 bits per heavy atom. The summed E-state index contributed by atoms with van der Waals surface area (Å²) in [4.78, 5) is 15.0. The van der Waals surface area contributed by atoms with Crippen LogP contribution in [0.2, 0.25) is 0 Å².